The average molecular weight is 272 g/mol. The third kappa shape index (κ3) is 4.05. The summed E-state index contributed by atoms with van der Waals surface area (Å²) in [6, 6.07) is 9.76. The van der Waals surface area contributed by atoms with Gasteiger partial charge in [0.05, 0.1) is 11.9 Å². The molecule has 0 fully saturated rings. The number of aryl methyl sites for hydroxylation is 1. The van der Waals surface area contributed by atoms with Gasteiger partial charge < -0.3 is 9.72 Å². The standard InChI is InChI=1S/C15H16N2O3/c1-11(18)15-16-9-13(17-15)10-20-14(19)8-7-12-5-3-2-4-6-12/h2-6,9H,7-8,10H2,1H3,(H,16,17). The number of benzene rings is 1. The van der Waals surface area contributed by atoms with Crippen molar-refractivity contribution in [3.63, 3.8) is 0 Å². The number of rotatable bonds is 6. The molecule has 5 nitrogen and oxygen atoms in total. The highest BCUT2D eigenvalue weighted by atomic mass is 16.5. The third-order valence-electron chi connectivity index (χ3n) is 2.81. The normalized spacial score (nSPS) is 10.2. The molecule has 1 N–H and O–H groups in total. The van der Waals surface area contributed by atoms with Gasteiger partial charge in [0, 0.05) is 13.3 Å². The summed E-state index contributed by atoms with van der Waals surface area (Å²) in [6.45, 7) is 1.53. The SMILES string of the molecule is CC(=O)c1ncc(COC(=O)CCc2ccccc2)[nH]1. The quantitative estimate of drug-likeness (QED) is 0.647. The fourth-order valence-corrected chi connectivity index (χ4v) is 1.73. The number of carbonyl (C=O) groups is 2. The molecule has 0 aliphatic rings. The van der Waals surface area contributed by atoms with Crippen molar-refractivity contribution in [2.75, 3.05) is 0 Å². The Balaban J connectivity index is 1.76. The molecule has 1 aromatic carbocycles. The Kier molecular flexibility index (Phi) is 4.65. The van der Waals surface area contributed by atoms with E-state index >= 15 is 0 Å². The summed E-state index contributed by atoms with van der Waals surface area (Å²) in [5.41, 5.74) is 1.72. The van der Waals surface area contributed by atoms with Crippen molar-refractivity contribution in [2.24, 2.45) is 0 Å². The number of nitrogens with zero attached hydrogens (tertiary/aromatic N) is 1. The zero-order valence-electron chi connectivity index (χ0n) is 11.3. The molecular formula is C15H16N2O3. The zero-order chi connectivity index (χ0) is 14.4. The highest BCUT2D eigenvalue weighted by molar-refractivity contribution is 5.90. The Labute approximate surface area is 117 Å². The molecule has 0 unspecified atom stereocenters. The maximum absolute atomic E-state index is 11.6. The van der Waals surface area contributed by atoms with Crippen molar-refractivity contribution < 1.29 is 14.3 Å². The molecule has 0 spiro atoms. The monoisotopic (exact) mass is 272 g/mol. The minimum absolute atomic E-state index is 0.105. The van der Waals surface area contributed by atoms with Crippen LogP contribution in [0.2, 0.25) is 0 Å². The van der Waals surface area contributed by atoms with Crippen molar-refractivity contribution in [3.05, 3.63) is 53.6 Å². The number of carbonyl (C=O) groups excluding carboxylic acids is 2. The fraction of sp³-hybridized carbons (Fsp3) is 0.267. The highest BCUT2D eigenvalue weighted by Gasteiger charge is 2.08. The van der Waals surface area contributed by atoms with E-state index in [1.54, 1.807) is 0 Å². The van der Waals surface area contributed by atoms with Crippen molar-refractivity contribution in [1.29, 1.82) is 0 Å². The van der Waals surface area contributed by atoms with E-state index in [0.717, 1.165) is 5.56 Å². The van der Waals surface area contributed by atoms with Crippen LogP contribution in [0.1, 0.15) is 35.2 Å². The van der Waals surface area contributed by atoms with E-state index in [0.29, 0.717) is 18.5 Å². The van der Waals surface area contributed by atoms with Crippen LogP contribution in [-0.2, 0) is 22.6 Å². The van der Waals surface area contributed by atoms with E-state index in [1.807, 2.05) is 30.3 Å². The van der Waals surface area contributed by atoms with E-state index in [4.69, 9.17) is 4.74 Å². The summed E-state index contributed by atoms with van der Waals surface area (Å²) >= 11 is 0. The first-order valence-electron chi connectivity index (χ1n) is 6.39. The summed E-state index contributed by atoms with van der Waals surface area (Å²) in [4.78, 5) is 29.4. The Morgan fingerprint density at radius 1 is 1.25 bits per heavy atom. The van der Waals surface area contributed by atoms with E-state index in [1.165, 1.54) is 13.1 Å². The Morgan fingerprint density at radius 2 is 2.00 bits per heavy atom. The molecule has 1 aromatic heterocycles. The molecule has 0 bridgehead atoms. The number of H-pyrrole nitrogens is 1. The number of imidazole rings is 1. The van der Waals surface area contributed by atoms with Gasteiger partial charge in [0.2, 0.25) is 0 Å². The van der Waals surface area contributed by atoms with Crippen LogP contribution < -0.4 is 0 Å². The van der Waals surface area contributed by atoms with E-state index in [-0.39, 0.29) is 24.2 Å². The minimum atomic E-state index is -0.271. The molecule has 5 heteroatoms. The van der Waals surface area contributed by atoms with Gasteiger partial charge in [-0.15, -0.1) is 0 Å². The van der Waals surface area contributed by atoms with Gasteiger partial charge in [-0.2, -0.15) is 0 Å². The Morgan fingerprint density at radius 3 is 2.65 bits per heavy atom. The second kappa shape index (κ2) is 6.65. The second-order valence-electron chi connectivity index (χ2n) is 4.46. The van der Waals surface area contributed by atoms with Crippen molar-refractivity contribution >= 4 is 11.8 Å². The van der Waals surface area contributed by atoms with Gasteiger partial charge in [-0.05, 0) is 12.0 Å². The number of ether oxygens (including phenoxy) is 1. The predicted molar refractivity (Wildman–Crippen MR) is 73.2 cm³/mol. The molecule has 0 amide bonds. The van der Waals surface area contributed by atoms with E-state index in [2.05, 4.69) is 9.97 Å². The number of nitrogens with one attached hydrogen (secondary N) is 1. The molecule has 0 atom stereocenters. The van der Waals surface area contributed by atoms with Gasteiger partial charge in [0.15, 0.2) is 11.6 Å². The zero-order valence-corrected chi connectivity index (χ0v) is 11.3. The maximum atomic E-state index is 11.6. The lowest BCUT2D eigenvalue weighted by atomic mass is 10.1. The summed E-state index contributed by atoms with van der Waals surface area (Å²) in [5, 5.41) is 0. The smallest absolute Gasteiger partial charge is 0.306 e. The second-order valence-corrected chi connectivity index (χ2v) is 4.46. The van der Waals surface area contributed by atoms with Crippen LogP contribution in [0.25, 0.3) is 0 Å². The van der Waals surface area contributed by atoms with Crippen LogP contribution in [0.3, 0.4) is 0 Å². The number of aromatic nitrogens is 2. The number of Topliss-reactive ketones (excluding diaryl/α,β-unsaturated/α-hetero) is 1. The molecule has 2 rings (SSSR count). The van der Waals surface area contributed by atoms with Gasteiger partial charge in [-0.1, -0.05) is 30.3 Å². The number of aromatic amines is 1. The molecule has 0 saturated carbocycles. The molecule has 1 heterocycles. The molecule has 104 valence electrons. The molecule has 0 aliphatic carbocycles. The summed E-state index contributed by atoms with van der Waals surface area (Å²) < 4.78 is 5.12. The van der Waals surface area contributed by atoms with Crippen molar-refractivity contribution in [2.45, 2.75) is 26.4 Å². The number of hydrogen-bond acceptors (Lipinski definition) is 4. The third-order valence-corrected chi connectivity index (χ3v) is 2.81. The lowest BCUT2D eigenvalue weighted by Crippen LogP contribution is -2.06. The topological polar surface area (TPSA) is 72.0 Å². The fourth-order valence-electron chi connectivity index (χ4n) is 1.73. The van der Waals surface area contributed by atoms with Crippen LogP contribution in [0.15, 0.2) is 36.5 Å². The van der Waals surface area contributed by atoms with Crippen LogP contribution in [0.5, 0.6) is 0 Å². The Hall–Kier alpha value is -2.43. The first-order valence-corrected chi connectivity index (χ1v) is 6.39. The van der Waals surface area contributed by atoms with Crippen LogP contribution in [0.4, 0.5) is 0 Å². The lowest BCUT2D eigenvalue weighted by Gasteiger charge is -2.03. The van der Waals surface area contributed by atoms with Gasteiger partial charge in [-0.3, -0.25) is 9.59 Å². The molecule has 2 aromatic rings. The number of ketones is 1. The highest BCUT2D eigenvalue weighted by Crippen LogP contribution is 2.05. The predicted octanol–water partition coefficient (Wildman–Crippen LogP) is 2.29. The van der Waals surface area contributed by atoms with Gasteiger partial charge in [0.25, 0.3) is 0 Å². The van der Waals surface area contributed by atoms with Gasteiger partial charge >= 0.3 is 5.97 Å². The first kappa shape index (κ1) is 14.0. The average Bonchev–Trinajstić information content (AvgIpc) is 2.93. The van der Waals surface area contributed by atoms with Crippen molar-refractivity contribution in [1.82, 2.24) is 9.97 Å². The molecule has 0 radical (unpaired) electrons. The summed E-state index contributed by atoms with van der Waals surface area (Å²) in [5.74, 6) is -0.139. The number of hydrogen-bond donors (Lipinski definition) is 1. The van der Waals surface area contributed by atoms with Gasteiger partial charge in [0.1, 0.15) is 6.61 Å². The minimum Gasteiger partial charge on any atom is -0.459 e. The summed E-state index contributed by atoms with van der Waals surface area (Å²) in [6.07, 6.45) is 2.49. The molecule has 0 saturated heterocycles. The molecule has 0 aliphatic heterocycles. The van der Waals surface area contributed by atoms with Gasteiger partial charge in [-0.25, -0.2) is 4.98 Å². The maximum Gasteiger partial charge on any atom is 0.306 e. The molecule has 20 heavy (non-hydrogen) atoms. The Bertz CT molecular complexity index is 590. The number of esters is 1. The largest absolute Gasteiger partial charge is 0.459 e. The van der Waals surface area contributed by atoms with Crippen LogP contribution >= 0.6 is 0 Å². The van der Waals surface area contributed by atoms with E-state index < -0.39 is 0 Å². The molecular weight excluding hydrogens is 256 g/mol. The van der Waals surface area contributed by atoms with E-state index in [9.17, 15) is 9.59 Å². The van der Waals surface area contributed by atoms with Crippen LogP contribution in [0, 0.1) is 0 Å². The first-order chi connectivity index (χ1) is 9.65. The summed E-state index contributed by atoms with van der Waals surface area (Å²) in [7, 11) is 0. The van der Waals surface area contributed by atoms with Crippen molar-refractivity contribution in [3.8, 4) is 0 Å². The van der Waals surface area contributed by atoms with Crippen LogP contribution in [-0.4, -0.2) is 21.7 Å². The lowest BCUT2D eigenvalue weighted by molar-refractivity contribution is -0.145.